The number of aromatic nitrogens is 1. The lowest BCUT2D eigenvalue weighted by Crippen LogP contribution is -2.11. The lowest BCUT2D eigenvalue weighted by Gasteiger charge is -2.13. The van der Waals surface area contributed by atoms with Gasteiger partial charge in [0.25, 0.3) is 0 Å². The molecule has 0 atom stereocenters. The normalized spacial score (nSPS) is 18.6. The summed E-state index contributed by atoms with van der Waals surface area (Å²) < 4.78 is 5.91. The van der Waals surface area contributed by atoms with Crippen molar-refractivity contribution in [1.82, 2.24) is 4.98 Å². The van der Waals surface area contributed by atoms with Crippen LogP contribution >= 0.6 is 22.9 Å². The fourth-order valence-electron chi connectivity index (χ4n) is 2.07. The Morgan fingerprint density at radius 3 is 2.69 bits per heavy atom. The van der Waals surface area contributed by atoms with E-state index >= 15 is 0 Å². The summed E-state index contributed by atoms with van der Waals surface area (Å²) in [5.74, 6) is 0.500. The van der Waals surface area contributed by atoms with Gasteiger partial charge in [0.1, 0.15) is 5.01 Å². The van der Waals surface area contributed by atoms with Gasteiger partial charge in [0.05, 0.1) is 24.3 Å². The van der Waals surface area contributed by atoms with Crippen LogP contribution in [0.4, 0.5) is 0 Å². The summed E-state index contributed by atoms with van der Waals surface area (Å²) in [4.78, 5) is 4.40. The van der Waals surface area contributed by atoms with Crippen molar-refractivity contribution in [3.05, 3.63) is 16.1 Å². The molecule has 0 amide bonds. The average Bonchev–Trinajstić information content (AvgIpc) is 2.61. The highest BCUT2D eigenvalue weighted by atomic mass is 35.5. The first-order valence-electron chi connectivity index (χ1n) is 5.99. The van der Waals surface area contributed by atoms with Crippen molar-refractivity contribution < 1.29 is 4.74 Å². The SMILES string of the molecule is ClCc1csc(COC2CCCCCC2)n1. The zero-order valence-corrected chi connectivity index (χ0v) is 11.0. The maximum Gasteiger partial charge on any atom is 0.119 e. The Morgan fingerprint density at radius 2 is 2.06 bits per heavy atom. The van der Waals surface area contributed by atoms with E-state index < -0.39 is 0 Å². The van der Waals surface area contributed by atoms with Gasteiger partial charge in [0.15, 0.2) is 0 Å². The van der Waals surface area contributed by atoms with Crippen molar-refractivity contribution in [3.8, 4) is 0 Å². The Morgan fingerprint density at radius 1 is 1.31 bits per heavy atom. The Kier molecular flexibility index (Phi) is 5.07. The van der Waals surface area contributed by atoms with Crippen LogP contribution in [0.3, 0.4) is 0 Å². The summed E-state index contributed by atoms with van der Waals surface area (Å²) in [6.07, 6.45) is 8.25. The maximum absolute atomic E-state index is 5.91. The van der Waals surface area contributed by atoms with Crippen LogP contribution in [0.25, 0.3) is 0 Å². The average molecular weight is 260 g/mol. The standard InChI is InChI=1S/C12H18ClNOS/c13-7-10-9-16-12(14-10)8-15-11-5-3-1-2-4-6-11/h9,11H,1-8H2. The molecule has 0 bridgehead atoms. The number of hydrogen-bond donors (Lipinski definition) is 0. The first-order valence-corrected chi connectivity index (χ1v) is 7.41. The zero-order valence-electron chi connectivity index (χ0n) is 9.45. The smallest absolute Gasteiger partial charge is 0.119 e. The largest absolute Gasteiger partial charge is 0.371 e. The second kappa shape index (κ2) is 6.58. The third-order valence-corrected chi connectivity index (χ3v) is 4.13. The molecule has 2 nitrogen and oxygen atoms in total. The molecule has 90 valence electrons. The minimum atomic E-state index is 0.450. The molecule has 0 aliphatic heterocycles. The molecule has 0 aromatic carbocycles. The van der Waals surface area contributed by atoms with Crippen molar-refractivity contribution in [1.29, 1.82) is 0 Å². The Hall–Kier alpha value is -0.120. The van der Waals surface area contributed by atoms with Crippen molar-refractivity contribution in [2.45, 2.75) is 57.1 Å². The third kappa shape index (κ3) is 3.72. The van der Waals surface area contributed by atoms with E-state index in [0.29, 0.717) is 18.6 Å². The third-order valence-electron chi connectivity index (χ3n) is 2.98. The molecule has 0 spiro atoms. The van der Waals surface area contributed by atoms with Crippen LogP contribution in [0, 0.1) is 0 Å². The van der Waals surface area contributed by atoms with Gasteiger partial charge >= 0.3 is 0 Å². The highest BCUT2D eigenvalue weighted by Gasteiger charge is 2.13. The van der Waals surface area contributed by atoms with Crippen molar-refractivity contribution in [3.63, 3.8) is 0 Å². The van der Waals surface area contributed by atoms with Crippen LogP contribution in [-0.2, 0) is 17.2 Å². The van der Waals surface area contributed by atoms with Gasteiger partial charge in [-0.2, -0.15) is 0 Å². The predicted molar refractivity (Wildman–Crippen MR) is 68.0 cm³/mol. The summed E-state index contributed by atoms with van der Waals surface area (Å²) >= 11 is 7.36. The molecule has 1 aromatic rings. The number of alkyl halides is 1. The lowest BCUT2D eigenvalue weighted by atomic mass is 10.1. The Labute approximate surface area is 106 Å². The van der Waals surface area contributed by atoms with Crippen LogP contribution < -0.4 is 0 Å². The van der Waals surface area contributed by atoms with Crippen molar-refractivity contribution in [2.75, 3.05) is 0 Å². The van der Waals surface area contributed by atoms with Gasteiger partial charge < -0.3 is 4.74 Å². The van der Waals surface area contributed by atoms with Crippen molar-refractivity contribution >= 4 is 22.9 Å². The van der Waals surface area contributed by atoms with E-state index in [0.717, 1.165) is 10.7 Å². The van der Waals surface area contributed by atoms with E-state index in [-0.39, 0.29) is 0 Å². The maximum atomic E-state index is 5.91. The summed E-state index contributed by atoms with van der Waals surface area (Å²) in [6.45, 7) is 0.659. The highest BCUT2D eigenvalue weighted by Crippen LogP contribution is 2.21. The summed E-state index contributed by atoms with van der Waals surface area (Å²) in [7, 11) is 0. The van der Waals surface area contributed by atoms with Gasteiger partial charge in [0, 0.05) is 5.38 Å². The van der Waals surface area contributed by atoms with Crippen LogP contribution in [0.1, 0.15) is 49.2 Å². The lowest BCUT2D eigenvalue weighted by molar-refractivity contribution is 0.0308. The number of ether oxygens (including phenoxy) is 1. The second-order valence-corrected chi connectivity index (χ2v) is 5.50. The molecule has 2 rings (SSSR count). The fourth-order valence-corrected chi connectivity index (χ4v) is 3.02. The van der Waals surface area contributed by atoms with Gasteiger partial charge in [-0.25, -0.2) is 4.98 Å². The molecule has 0 radical (unpaired) electrons. The molecule has 0 saturated heterocycles. The number of thiazole rings is 1. The molecule has 0 N–H and O–H groups in total. The minimum Gasteiger partial charge on any atom is -0.371 e. The quantitative estimate of drug-likeness (QED) is 0.599. The minimum absolute atomic E-state index is 0.450. The first-order chi connectivity index (χ1) is 7.88. The van der Waals surface area contributed by atoms with Crippen LogP contribution in [0.15, 0.2) is 5.38 Å². The summed E-state index contributed by atoms with van der Waals surface area (Å²) in [5.41, 5.74) is 0.964. The molecule has 1 saturated carbocycles. The van der Waals surface area contributed by atoms with E-state index in [1.54, 1.807) is 11.3 Å². The van der Waals surface area contributed by atoms with Crippen molar-refractivity contribution in [2.24, 2.45) is 0 Å². The molecule has 16 heavy (non-hydrogen) atoms. The van der Waals surface area contributed by atoms with E-state index in [4.69, 9.17) is 16.3 Å². The molecule has 1 aliphatic carbocycles. The molecule has 0 unspecified atom stereocenters. The molecule has 1 aliphatic rings. The van der Waals surface area contributed by atoms with Gasteiger partial charge in [-0.15, -0.1) is 22.9 Å². The van der Waals surface area contributed by atoms with Crippen LogP contribution in [0.2, 0.25) is 0 Å². The molecule has 4 heteroatoms. The molecular weight excluding hydrogens is 242 g/mol. The Bertz CT molecular complexity index is 308. The molecule has 1 fully saturated rings. The van der Waals surface area contributed by atoms with E-state index in [2.05, 4.69) is 4.98 Å². The number of hydrogen-bond acceptors (Lipinski definition) is 3. The number of rotatable bonds is 4. The summed E-state index contributed by atoms with van der Waals surface area (Å²) in [5, 5.41) is 3.07. The van der Waals surface area contributed by atoms with Gasteiger partial charge in [-0.05, 0) is 12.8 Å². The summed E-state index contributed by atoms with van der Waals surface area (Å²) in [6, 6.07) is 0. The second-order valence-electron chi connectivity index (χ2n) is 4.29. The Balaban J connectivity index is 1.77. The van der Waals surface area contributed by atoms with Crippen LogP contribution in [0.5, 0.6) is 0 Å². The number of nitrogens with zero attached hydrogens (tertiary/aromatic N) is 1. The van der Waals surface area contributed by atoms with Crippen LogP contribution in [-0.4, -0.2) is 11.1 Å². The van der Waals surface area contributed by atoms with Gasteiger partial charge in [-0.1, -0.05) is 25.7 Å². The fraction of sp³-hybridized carbons (Fsp3) is 0.750. The first kappa shape index (κ1) is 12.3. The topological polar surface area (TPSA) is 22.1 Å². The molecule has 1 aromatic heterocycles. The van der Waals surface area contributed by atoms with E-state index in [1.165, 1.54) is 38.5 Å². The highest BCUT2D eigenvalue weighted by molar-refractivity contribution is 7.09. The monoisotopic (exact) mass is 259 g/mol. The molecule has 1 heterocycles. The van der Waals surface area contributed by atoms with Gasteiger partial charge in [0.2, 0.25) is 0 Å². The van der Waals surface area contributed by atoms with Gasteiger partial charge in [-0.3, -0.25) is 0 Å². The predicted octanol–water partition coefficient (Wildman–Crippen LogP) is 4.12. The van der Waals surface area contributed by atoms with E-state index in [9.17, 15) is 0 Å². The van der Waals surface area contributed by atoms with E-state index in [1.807, 2.05) is 5.38 Å². The number of halogens is 1. The molecular formula is C12H18ClNOS. The zero-order chi connectivity index (χ0) is 11.2.